The molecule has 138 heavy (non-hydrogen) atoms. The molecule has 8 unspecified atom stereocenters. The lowest BCUT2D eigenvalue weighted by Gasteiger charge is -2.34. The van der Waals surface area contributed by atoms with Gasteiger partial charge in [-0.2, -0.15) is 30.4 Å². The lowest BCUT2D eigenvalue weighted by molar-refractivity contribution is 0.108. The number of rotatable bonds is 13. The molecule has 29 heteroatoms. The van der Waals surface area contributed by atoms with Crippen molar-refractivity contribution < 1.29 is 37.6 Å². The molecule has 6 saturated heterocycles. The van der Waals surface area contributed by atoms with Crippen molar-refractivity contribution in [3.8, 4) is 79.5 Å². The Hall–Kier alpha value is -14.2. The van der Waals surface area contributed by atoms with Gasteiger partial charge in [-0.25, -0.2) is 42.5 Å². The van der Waals surface area contributed by atoms with Gasteiger partial charge in [0, 0.05) is 117 Å². The van der Waals surface area contributed by atoms with E-state index in [1.54, 1.807) is 74.4 Å². The highest BCUT2D eigenvalue weighted by Crippen LogP contribution is 2.50. The fraction of sp³-hybridized carbons (Fsp3) is 0.358. The Balaban J connectivity index is 0.000000104. The number of aromatic hydroxyl groups is 3. The molecule has 15 heterocycles. The monoisotopic (exact) mass is 1850 g/mol. The Morgan fingerprint density at radius 2 is 0.790 bits per heavy atom. The third-order valence-electron chi connectivity index (χ3n) is 31.0. The van der Waals surface area contributed by atoms with E-state index < -0.39 is 23.3 Å². The Morgan fingerprint density at radius 1 is 0.399 bits per heavy atom. The minimum Gasteiger partial charge on any atom is -0.508 e. The van der Waals surface area contributed by atoms with Gasteiger partial charge in [0.25, 0.3) is 0 Å². The molecule has 17 aromatic rings. The highest BCUT2D eigenvalue weighted by molar-refractivity contribution is 6.08. The summed E-state index contributed by atoms with van der Waals surface area (Å²) in [6.07, 6.45) is 29.8. The minimum atomic E-state index is -0.501. The first-order valence-corrected chi connectivity index (χ1v) is 48.4. The number of ether oxygens (including phenoxy) is 1. The SMILES string of the molecule is C.CNc1nc(N2CC3CCC(C3)C2)c2cnc(-c3cc(O)cc4ccccc34)c(F)c2n1.Cc1nc(N2CC3CCC(C3)C2)c2cnc(-c3cc(O)cc4ccccc34)c(F)c2n1.Fc1c(-c2cccc3cccc(-c4cn[nH]n4)c23)ncc2c(N3CC4CCC(C4)C3)nc(OCC34CCCN3CCC4)nc12.Oc1cc(-c2ncc3c(N4CC5CCC(C5)C4)ncnc3c2F)c2ccccc2c1. The van der Waals surface area contributed by atoms with Gasteiger partial charge in [0.15, 0.2) is 23.3 Å². The smallest absolute Gasteiger partial charge is 0.319 e. The molecular formula is C109H107F4N21O4. The molecule has 10 fully saturated rings. The summed E-state index contributed by atoms with van der Waals surface area (Å²) in [7, 11) is 1.74. The number of benzene rings is 8. The number of aryl methyl sites for hydroxylation is 1. The molecule has 8 atom stereocenters. The summed E-state index contributed by atoms with van der Waals surface area (Å²) < 4.78 is 70.9. The van der Waals surface area contributed by atoms with Crippen LogP contribution in [-0.4, -0.2) is 180 Å². The summed E-state index contributed by atoms with van der Waals surface area (Å²) in [6.45, 7) is 12.2. The van der Waals surface area contributed by atoms with Crippen LogP contribution < -0.4 is 29.7 Å². The normalized spacial score (nSPS) is 21.1. The quantitative estimate of drug-likeness (QED) is 0.0670. The minimum absolute atomic E-state index is 0. The first kappa shape index (κ1) is 87.8. The number of nitrogens with one attached hydrogen (secondary N) is 2. The summed E-state index contributed by atoms with van der Waals surface area (Å²) in [4.78, 5) is 66.9. The number of piperidine rings is 4. The summed E-state index contributed by atoms with van der Waals surface area (Å²) in [5, 5.41) is 54.0. The Bertz CT molecular complexity index is 7570. The van der Waals surface area contributed by atoms with Gasteiger partial charge < -0.3 is 45.0 Å². The van der Waals surface area contributed by atoms with Crippen LogP contribution >= 0.6 is 0 Å². The number of phenolic OH excluding ortho intramolecular Hbond substituents is 3. The lowest BCUT2D eigenvalue weighted by atomic mass is 9.95. The van der Waals surface area contributed by atoms with Crippen molar-refractivity contribution in [2.24, 2.45) is 47.3 Å². The number of aromatic amines is 1. The van der Waals surface area contributed by atoms with E-state index in [4.69, 9.17) is 29.7 Å². The van der Waals surface area contributed by atoms with Crippen LogP contribution in [0.25, 0.3) is 143 Å². The molecule has 6 aliphatic heterocycles. The van der Waals surface area contributed by atoms with Gasteiger partial charge >= 0.3 is 6.01 Å². The molecule has 700 valence electrons. The first-order valence-electron chi connectivity index (χ1n) is 48.4. The number of halogens is 4. The highest BCUT2D eigenvalue weighted by atomic mass is 19.1. The zero-order chi connectivity index (χ0) is 92.4. The third-order valence-corrected chi connectivity index (χ3v) is 31.0. The molecule has 0 amide bonds. The van der Waals surface area contributed by atoms with E-state index in [2.05, 4.69) is 80.1 Å². The number of nitrogens with zero attached hydrogens (tertiary/aromatic N) is 19. The maximum atomic E-state index is 16.9. The van der Waals surface area contributed by atoms with Gasteiger partial charge in [0.05, 0.1) is 33.3 Å². The maximum absolute atomic E-state index is 16.9. The van der Waals surface area contributed by atoms with Gasteiger partial charge in [-0.05, 0) is 244 Å². The zero-order valence-corrected chi connectivity index (χ0v) is 76.3. The molecule has 27 rings (SSSR count). The van der Waals surface area contributed by atoms with Crippen LogP contribution in [0.3, 0.4) is 0 Å². The molecule has 8 bridgehead atoms. The summed E-state index contributed by atoms with van der Waals surface area (Å²) >= 11 is 0. The van der Waals surface area contributed by atoms with E-state index in [1.807, 2.05) is 116 Å². The standard InChI is InChI=1S/C34H35FN8O.C25H24FN5O.C25H23FN4O.C24H21FN4O.CH4/c35-29-30(25-8-2-6-23-5-1-7-24(28(23)25)27-17-37-41-40-27)36-16-26-31(29)38-33(44-20-34-11-3-13-43(34)14-4-12-34)39-32(26)42-18-21-9-10-22(15-21)19-42;1-27-25-29-23-20(24(30-25)31-12-14-6-7-15(8-14)13-31)11-28-22(21(23)26)19-10-17(32)9-16-4-2-3-5-18(16)19;1-14-28-24-21(25(29-14)30-12-15-6-7-16(8-15)13-30)11-27-23(22(24)26)20-10-18(31)9-17-4-2-3-5-19(17)20;25-21-22(19-9-17(30)8-16-3-1-2-4-18(16)19)26-10-20-23(21)27-13-28-24(20)29-11-14-5-6-15(7-14)12-29;/h1-2,5-8,16-17,21-22H,3-4,9-15,18-20H2,(H,37,40,41);2-5,9-11,14-15,32H,6-8,12-13H2,1H3,(H,27,29,30);2-5,9-11,15-16,31H,6-8,12-13H2,1H3;1-4,8-10,13-15,30H,5-7,11-12H2;1H4. The van der Waals surface area contributed by atoms with Gasteiger partial charge in [0.2, 0.25) is 5.95 Å². The number of aromatic nitrogens is 15. The average Bonchev–Trinajstić information content (AvgIpc) is 0.834. The van der Waals surface area contributed by atoms with E-state index in [9.17, 15) is 15.3 Å². The van der Waals surface area contributed by atoms with Crippen molar-refractivity contribution in [3.05, 3.63) is 212 Å². The van der Waals surface area contributed by atoms with Gasteiger partial charge in [-0.1, -0.05) is 117 Å². The van der Waals surface area contributed by atoms with Crippen molar-refractivity contribution in [1.82, 2.24) is 80.1 Å². The average molecular weight is 1850 g/mol. The van der Waals surface area contributed by atoms with Crippen molar-refractivity contribution in [3.63, 3.8) is 0 Å². The molecule has 10 aliphatic rings. The second kappa shape index (κ2) is 36.0. The van der Waals surface area contributed by atoms with Crippen LogP contribution in [0.4, 0.5) is 46.8 Å². The van der Waals surface area contributed by atoms with E-state index in [1.165, 1.54) is 96.2 Å². The Labute approximate surface area is 794 Å². The summed E-state index contributed by atoms with van der Waals surface area (Å²) in [6, 6.07) is 44.6. The number of fused-ring (bicyclic) bond motifs is 17. The second-order valence-corrected chi connectivity index (χ2v) is 39.7. The maximum Gasteiger partial charge on any atom is 0.319 e. The van der Waals surface area contributed by atoms with Gasteiger partial charge in [0.1, 0.15) is 110 Å². The molecule has 4 aliphatic carbocycles. The lowest BCUT2D eigenvalue weighted by Crippen LogP contribution is -2.43. The Kier molecular flexibility index (Phi) is 22.9. The van der Waals surface area contributed by atoms with Crippen molar-refractivity contribution in [1.29, 1.82) is 0 Å². The Morgan fingerprint density at radius 3 is 1.24 bits per heavy atom. The molecular weight excluding hydrogens is 1740 g/mol. The van der Waals surface area contributed by atoms with Crippen LogP contribution in [0.15, 0.2) is 183 Å². The predicted molar refractivity (Wildman–Crippen MR) is 533 cm³/mol. The fourth-order valence-electron chi connectivity index (χ4n) is 24.8. The topological polar surface area (TPSA) is 294 Å². The molecule has 5 N–H and O–H groups in total. The van der Waals surface area contributed by atoms with Crippen LogP contribution in [0.2, 0.25) is 0 Å². The van der Waals surface area contributed by atoms with Crippen LogP contribution in [0.1, 0.15) is 116 Å². The number of phenols is 3. The zero-order valence-electron chi connectivity index (χ0n) is 76.3. The number of hydrogen-bond acceptors (Lipinski definition) is 24. The highest BCUT2D eigenvalue weighted by Gasteiger charge is 2.46. The van der Waals surface area contributed by atoms with E-state index >= 15 is 17.6 Å². The molecule has 9 aromatic heterocycles. The van der Waals surface area contributed by atoms with Crippen molar-refractivity contribution in [2.45, 2.75) is 123 Å². The number of H-pyrrole nitrogens is 1. The molecule has 8 aromatic carbocycles. The number of pyridine rings is 4. The molecule has 25 nitrogen and oxygen atoms in total. The number of anilines is 5. The fourth-order valence-corrected chi connectivity index (χ4v) is 24.8. The summed E-state index contributed by atoms with van der Waals surface area (Å²) in [5.41, 5.74) is 5.83. The number of hydrogen-bond donors (Lipinski definition) is 5. The van der Waals surface area contributed by atoms with Gasteiger partial charge in [-0.15, -0.1) is 0 Å². The molecule has 0 spiro atoms. The van der Waals surface area contributed by atoms with Crippen molar-refractivity contribution >= 4 is 116 Å². The largest absolute Gasteiger partial charge is 0.508 e. The first-order chi connectivity index (χ1) is 67.0. The molecule has 0 radical (unpaired) electrons. The second-order valence-electron chi connectivity index (χ2n) is 39.7. The molecule has 4 saturated carbocycles. The van der Waals surface area contributed by atoms with Crippen LogP contribution in [0.5, 0.6) is 23.3 Å². The summed E-state index contributed by atoms with van der Waals surface area (Å²) in [5.74, 6) is 7.75. The van der Waals surface area contributed by atoms with E-state index in [0.29, 0.717) is 115 Å². The van der Waals surface area contributed by atoms with Crippen molar-refractivity contribution in [2.75, 3.05) is 104 Å². The van der Waals surface area contributed by atoms with E-state index in [0.717, 1.165) is 150 Å². The van der Waals surface area contributed by atoms with Crippen LogP contribution in [0, 0.1) is 77.5 Å². The third kappa shape index (κ3) is 16.1. The van der Waals surface area contributed by atoms with E-state index in [-0.39, 0.29) is 81.1 Å². The van der Waals surface area contributed by atoms with Crippen LogP contribution in [-0.2, 0) is 0 Å². The predicted octanol–water partition coefficient (Wildman–Crippen LogP) is 21.8. The van der Waals surface area contributed by atoms with Gasteiger partial charge in [-0.3, -0.25) is 24.8 Å².